The molecule has 2 heterocycles. The van der Waals surface area contributed by atoms with E-state index in [2.05, 4.69) is 10.6 Å². The van der Waals surface area contributed by atoms with E-state index in [9.17, 15) is 19.2 Å². The van der Waals surface area contributed by atoms with E-state index in [1.807, 2.05) is 13.8 Å². The summed E-state index contributed by atoms with van der Waals surface area (Å²) in [4.78, 5) is 53.8. The second kappa shape index (κ2) is 6.59. The third-order valence-corrected chi connectivity index (χ3v) is 4.82. The molecule has 0 unspecified atom stereocenters. The third kappa shape index (κ3) is 3.11. The summed E-state index contributed by atoms with van der Waals surface area (Å²) in [5.41, 5.74) is 0.396. The molecule has 0 aromatic rings. The Balaban J connectivity index is 2.06. The van der Waals surface area contributed by atoms with Crippen LogP contribution in [0.3, 0.4) is 0 Å². The van der Waals surface area contributed by atoms with E-state index < -0.39 is 11.6 Å². The van der Waals surface area contributed by atoms with Gasteiger partial charge in [-0.25, -0.2) is 0 Å². The number of amides is 2. The zero-order valence-corrected chi connectivity index (χ0v) is 15.5. The van der Waals surface area contributed by atoms with Crippen LogP contribution < -0.4 is 10.6 Å². The van der Waals surface area contributed by atoms with Crippen molar-refractivity contribution in [1.82, 2.24) is 20.4 Å². The fourth-order valence-electron chi connectivity index (χ4n) is 3.01. The van der Waals surface area contributed by atoms with Crippen LogP contribution in [0.15, 0.2) is 22.8 Å². The predicted molar refractivity (Wildman–Crippen MR) is 93.3 cm³/mol. The van der Waals surface area contributed by atoms with Crippen molar-refractivity contribution in [3.63, 3.8) is 0 Å². The molecule has 2 amide bonds. The lowest BCUT2D eigenvalue weighted by molar-refractivity contribution is -0.124. The molecule has 8 nitrogen and oxygen atoms in total. The third-order valence-electron chi connectivity index (χ3n) is 4.82. The topological polar surface area (TPSA) is 98.4 Å². The molecule has 2 aliphatic heterocycles. The summed E-state index contributed by atoms with van der Waals surface area (Å²) >= 11 is 0. The minimum absolute atomic E-state index is 0.0230. The first-order valence-electron chi connectivity index (χ1n) is 9.01. The molecule has 8 heteroatoms. The average molecular weight is 360 g/mol. The molecule has 2 fully saturated rings. The molecule has 2 N–H and O–H groups in total. The molecule has 3 aliphatic rings. The van der Waals surface area contributed by atoms with E-state index in [0.29, 0.717) is 13.1 Å². The highest BCUT2D eigenvalue weighted by molar-refractivity contribution is 6.26. The molecule has 0 aromatic carbocycles. The van der Waals surface area contributed by atoms with Crippen LogP contribution in [0.5, 0.6) is 0 Å². The number of nitrogens with zero attached hydrogens (tertiary/aromatic N) is 2. The average Bonchev–Trinajstić information content (AvgIpc) is 3.51. The van der Waals surface area contributed by atoms with E-state index in [-0.39, 0.29) is 59.5 Å². The highest BCUT2D eigenvalue weighted by Crippen LogP contribution is 2.36. The maximum absolute atomic E-state index is 13.2. The predicted octanol–water partition coefficient (Wildman–Crippen LogP) is 0.0220. The van der Waals surface area contributed by atoms with Crippen LogP contribution in [-0.2, 0) is 19.2 Å². The molecule has 2 saturated heterocycles. The van der Waals surface area contributed by atoms with E-state index in [1.54, 1.807) is 23.6 Å². The van der Waals surface area contributed by atoms with Gasteiger partial charge in [0.15, 0.2) is 0 Å². The van der Waals surface area contributed by atoms with E-state index in [4.69, 9.17) is 0 Å². The van der Waals surface area contributed by atoms with Crippen molar-refractivity contribution in [3.05, 3.63) is 22.8 Å². The fourth-order valence-corrected chi connectivity index (χ4v) is 3.01. The molecular formula is C18H24N4O4. The van der Waals surface area contributed by atoms with Crippen molar-refractivity contribution in [1.29, 1.82) is 0 Å². The van der Waals surface area contributed by atoms with Crippen LogP contribution in [0.4, 0.5) is 0 Å². The van der Waals surface area contributed by atoms with Gasteiger partial charge in [0.05, 0.1) is 0 Å². The molecule has 0 saturated carbocycles. The van der Waals surface area contributed by atoms with Gasteiger partial charge in [0.25, 0.3) is 0 Å². The number of carbonyl (C=O) groups excluding carboxylic acids is 4. The lowest BCUT2D eigenvalue weighted by atomic mass is 9.98. The molecule has 0 radical (unpaired) electrons. The van der Waals surface area contributed by atoms with Gasteiger partial charge in [-0.1, -0.05) is 13.8 Å². The van der Waals surface area contributed by atoms with Gasteiger partial charge in [0.1, 0.15) is 22.8 Å². The second-order valence-corrected chi connectivity index (χ2v) is 6.91. The van der Waals surface area contributed by atoms with Crippen molar-refractivity contribution in [2.24, 2.45) is 0 Å². The minimum atomic E-state index is -0.420. The fraction of sp³-hybridized carbons (Fsp3) is 0.556. The lowest BCUT2D eigenvalue weighted by Crippen LogP contribution is -2.43. The van der Waals surface area contributed by atoms with E-state index in [0.717, 1.165) is 0 Å². The van der Waals surface area contributed by atoms with Crippen LogP contribution in [0.2, 0.25) is 0 Å². The number of rotatable bonds is 6. The zero-order valence-electron chi connectivity index (χ0n) is 15.5. The number of carbonyl (C=O) groups is 4. The Morgan fingerprint density at radius 1 is 0.846 bits per heavy atom. The Bertz CT molecular complexity index is 703. The van der Waals surface area contributed by atoms with Crippen molar-refractivity contribution < 1.29 is 19.2 Å². The van der Waals surface area contributed by atoms with Gasteiger partial charge in [-0.15, -0.1) is 0 Å². The lowest BCUT2D eigenvalue weighted by Gasteiger charge is -2.26. The normalized spacial score (nSPS) is 24.9. The van der Waals surface area contributed by atoms with Crippen LogP contribution >= 0.6 is 0 Å². The van der Waals surface area contributed by atoms with Gasteiger partial charge < -0.3 is 20.4 Å². The summed E-state index contributed by atoms with van der Waals surface area (Å²) in [5.74, 6) is -1.49. The van der Waals surface area contributed by atoms with Crippen molar-refractivity contribution in [2.75, 3.05) is 13.1 Å². The minimum Gasteiger partial charge on any atom is -0.360 e. The monoisotopic (exact) mass is 360 g/mol. The summed E-state index contributed by atoms with van der Waals surface area (Å²) in [6.45, 7) is 8.48. The Kier molecular flexibility index (Phi) is 4.60. The number of hydrogen-bond acceptors (Lipinski definition) is 6. The highest BCUT2D eigenvalue weighted by atomic mass is 16.2. The molecule has 2 atom stereocenters. The van der Waals surface area contributed by atoms with Crippen LogP contribution in [-0.4, -0.2) is 58.4 Å². The van der Waals surface area contributed by atoms with Gasteiger partial charge >= 0.3 is 0 Å². The Morgan fingerprint density at radius 2 is 1.15 bits per heavy atom. The Morgan fingerprint density at radius 3 is 1.38 bits per heavy atom. The maximum atomic E-state index is 13.2. The summed E-state index contributed by atoms with van der Waals surface area (Å²) in [6.07, 6.45) is 0.402. The van der Waals surface area contributed by atoms with Crippen LogP contribution in [0.1, 0.15) is 40.5 Å². The second-order valence-electron chi connectivity index (χ2n) is 6.91. The van der Waals surface area contributed by atoms with E-state index in [1.165, 1.54) is 0 Å². The molecule has 1 aliphatic carbocycles. The van der Waals surface area contributed by atoms with Gasteiger partial charge in [-0.3, -0.25) is 19.2 Å². The van der Waals surface area contributed by atoms with Crippen molar-refractivity contribution in [3.8, 4) is 0 Å². The standard InChI is InChI=1S/C18H24N4O4/c1-5-11(23)19-13-15(21-7-9(21)3)18(26)14(20-12(24)6-2)16(17(13)25)22-8-10(22)4/h9-10H,5-8H2,1-4H3,(H,19,23)(H,20,24)/t9-,10-,21?,22?/m0/s1. The molecule has 0 aromatic heterocycles. The van der Waals surface area contributed by atoms with Gasteiger partial charge in [0, 0.05) is 38.0 Å². The van der Waals surface area contributed by atoms with Crippen LogP contribution in [0, 0.1) is 0 Å². The Labute approximate surface area is 152 Å². The zero-order chi connectivity index (χ0) is 19.2. The summed E-state index contributed by atoms with van der Waals surface area (Å²) in [7, 11) is 0. The molecule has 0 spiro atoms. The largest absolute Gasteiger partial charge is 0.360 e. The number of ketones is 2. The smallest absolute Gasteiger partial charge is 0.229 e. The molecule has 0 bridgehead atoms. The first kappa shape index (κ1) is 18.2. The highest BCUT2D eigenvalue weighted by Gasteiger charge is 2.48. The Hall–Kier alpha value is -2.64. The number of Topliss-reactive ketones (excluding diaryl/α,β-unsaturated/α-hetero) is 2. The van der Waals surface area contributed by atoms with Crippen molar-refractivity contribution in [2.45, 2.75) is 52.6 Å². The molecular weight excluding hydrogens is 336 g/mol. The van der Waals surface area contributed by atoms with Crippen LogP contribution in [0.25, 0.3) is 0 Å². The molecule has 3 rings (SSSR count). The number of nitrogens with one attached hydrogen (secondary N) is 2. The van der Waals surface area contributed by atoms with E-state index >= 15 is 0 Å². The van der Waals surface area contributed by atoms with Gasteiger partial charge in [-0.2, -0.15) is 0 Å². The molecule has 26 heavy (non-hydrogen) atoms. The quantitative estimate of drug-likeness (QED) is 0.512. The van der Waals surface area contributed by atoms with Crippen molar-refractivity contribution >= 4 is 23.4 Å². The summed E-state index contributed by atoms with van der Waals surface area (Å²) in [6, 6.07) is 0.222. The first-order chi connectivity index (χ1) is 12.3. The van der Waals surface area contributed by atoms with Gasteiger partial charge in [-0.05, 0) is 13.8 Å². The summed E-state index contributed by atoms with van der Waals surface area (Å²) < 4.78 is 0. The maximum Gasteiger partial charge on any atom is 0.229 e. The molecule has 140 valence electrons. The summed E-state index contributed by atoms with van der Waals surface area (Å²) in [5, 5.41) is 5.22. The van der Waals surface area contributed by atoms with Gasteiger partial charge in [0.2, 0.25) is 23.4 Å². The SMILES string of the molecule is CCC(=O)NC1=C(N2C[C@@H]2C)C(=O)C(NC(=O)CC)=C(N2C[C@@H]2C)C1=O. The first-order valence-corrected chi connectivity index (χ1v) is 9.01. The number of hydrogen-bond donors (Lipinski definition) is 2.